The van der Waals surface area contributed by atoms with E-state index in [9.17, 15) is 0 Å². The Labute approximate surface area is 109 Å². The summed E-state index contributed by atoms with van der Waals surface area (Å²) in [6, 6.07) is 12.9. The lowest BCUT2D eigenvalue weighted by Gasteiger charge is -2.21. The van der Waals surface area contributed by atoms with Crippen molar-refractivity contribution in [1.29, 1.82) is 0 Å². The molecule has 0 bridgehead atoms. The summed E-state index contributed by atoms with van der Waals surface area (Å²) in [7, 11) is 8.34. The summed E-state index contributed by atoms with van der Waals surface area (Å²) in [6.07, 6.45) is 0. The lowest BCUT2D eigenvalue weighted by atomic mass is 10.1. The minimum absolute atomic E-state index is 0. The molecule has 0 aliphatic heterocycles. The zero-order valence-electron chi connectivity index (χ0n) is 11.8. The fourth-order valence-electron chi connectivity index (χ4n) is 2.05. The Balaban J connectivity index is 0.00000144. The van der Waals surface area contributed by atoms with E-state index < -0.39 is 0 Å². The van der Waals surface area contributed by atoms with E-state index in [1.807, 2.05) is 0 Å². The highest BCUT2D eigenvalue weighted by molar-refractivity contribution is 6.03. The summed E-state index contributed by atoms with van der Waals surface area (Å²) < 4.78 is 0. The van der Waals surface area contributed by atoms with E-state index in [1.165, 1.54) is 22.1 Å². The molecule has 0 aromatic heterocycles. The molecular weight excluding hydrogens is 224 g/mol. The third-order valence-corrected chi connectivity index (χ3v) is 2.82. The number of hydrogen-bond acceptors (Lipinski definition) is 4. The molecule has 2 rings (SSSR count). The first-order valence-corrected chi connectivity index (χ1v) is 5.47. The third kappa shape index (κ3) is 2.72. The highest BCUT2D eigenvalue weighted by Gasteiger charge is 2.08. The molecule has 0 saturated carbocycles. The molecule has 0 heterocycles. The average Bonchev–Trinajstić information content (AvgIpc) is 2.27. The topological polar surface area (TPSA) is 76.5 Å². The fraction of sp³-hybridized carbons (Fsp3) is 0.286. The van der Waals surface area contributed by atoms with Gasteiger partial charge in [0.15, 0.2) is 0 Å². The Morgan fingerprint density at radius 2 is 1.06 bits per heavy atom. The maximum atomic E-state index is 2.16. The van der Waals surface area contributed by atoms with Gasteiger partial charge in [-0.3, -0.25) is 0 Å². The van der Waals surface area contributed by atoms with Crippen molar-refractivity contribution in [2.45, 2.75) is 0 Å². The van der Waals surface area contributed by atoms with E-state index in [2.05, 4.69) is 74.4 Å². The van der Waals surface area contributed by atoms with Crippen LogP contribution in [-0.2, 0) is 0 Å². The summed E-state index contributed by atoms with van der Waals surface area (Å²) in [5.41, 5.74) is 2.53. The number of rotatable bonds is 2. The normalized spacial score (nSPS) is 9.33. The van der Waals surface area contributed by atoms with Crippen LogP contribution < -0.4 is 22.1 Å². The third-order valence-electron chi connectivity index (χ3n) is 2.82. The second-order valence-electron chi connectivity index (χ2n) is 4.44. The Bertz CT molecular complexity index is 463. The molecule has 100 valence electrons. The molecule has 0 saturated heterocycles. The van der Waals surface area contributed by atoms with Crippen molar-refractivity contribution in [2.24, 2.45) is 0 Å². The molecule has 0 spiro atoms. The molecule has 0 fully saturated rings. The van der Waals surface area contributed by atoms with Gasteiger partial charge in [-0.2, -0.15) is 0 Å². The van der Waals surface area contributed by atoms with Gasteiger partial charge in [0.05, 0.1) is 0 Å². The van der Waals surface area contributed by atoms with E-state index in [0.717, 1.165) is 0 Å². The molecular formula is C14H24N4. The van der Waals surface area contributed by atoms with Crippen molar-refractivity contribution in [3.63, 3.8) is 0 Å². The van der Waals surface area contributed by atoms with E-state index in [0.29, 0.717) is 0 Å². The Hall–Kier alpha value is -1.78. The number of fused-ring (bicyclic) bond motifs is 1. The van der Waals surface area contributed by atoms with Gasteiger partial charge in [0.1, 0.15) is 0 Å². The number of benzene rings is 2. The van der Waals surface area contributed by atoms with Crippen LogP contribution in [0.25, 0.3) is 10.8 Å². The van der Waals surface area contributed by atoms with Crippen molar-refractivity contribution < 1.29 is 0 Å². The van der Waals surface area contributed by atoms with Crippen LogP contribution in [0.2, 0.25) is 0 Å². The predicted molar refractivity (Wildman–Crippen MR) is 82.6 cm³/mol. The van der Waals surface area contributed by atoms with Gasteiger partial charge in [-0.1, -0.05) is 24.3 Å². The molecule has 0 atom stereocenters. The van der Waals surface area contributed by atoms with Crippen LogP contribution in [0.1, 0.15) is 0 Å². The van der Waals surface area contributed by atoms with Crippen LogP contribution in [0.3, 0.4) is 0 Å². The Morgan fingerprint density at radius 3 is 1.39 bits per heavy atom. The van der Waals surface area contributed by atoms with Crippen molar-refractivity contribution in [1.82, 2.24) is 12.3 Å². The van der Waals surface area contributed by atoms with E-state index in [4.69, 9.17) is 0 Å². The van der Waals surface area contributed by atoms with Gasteiger partial charge >= 0.3 is 0 Å². The minimum Gasteiger partial charge on any atom is -0.377 e. The van der Waals surface area contributed by atoms with Crippen molar-refractivity contribution in [3.05, 3.63) is 36.4 Å². The predicted octanol–water partition coefficient (Wildman–Crippen LogP) is 3.30. The molecule has 0 unspecified atom stereocenters. The molecule has 0 aliphatic rings. The van der Waals surface area contributed by atoms with Crippen molar-refractivity contribution >= 4 is 22.1 Å². The van der Waals surface area contributed by atoms with Crippen molar-refractivity contribution in [2.75, 3.05) is 38.0 Å². The zero-order chi connectivity index (χ0) is 11.7. The summed E-state index contributed by atoms with van der Waals surface area (Å²) in [5, 5.41) is 2.61. The smallest absolute Gasteiger partial charge is 0.0461 e. The summed E-state index contributed by atoms with van der Waals surface area (Å²) in [6.45, 7) is 0. The zero-order valence-corrected chi connectivity index (χ0v) is 11.8. The minimum atomic E-state index is 0. The fourth-order valence-corrected chi connectivity index (χ4v) is 2.05. The van der Waals surface area contributed by atoms with Gasteiger partial charge in [-0.05, 0) is 17.5 Å². The molecule has 0 radical (unpaired) electrons. The number of hydrogen-bond donors (Lipinski definition) is 2. The van der Waals surface area contributed by atoms with Gasteiger partial charge in [0.2, 0.25) is 0 Å². The SMILES string of the molecule is CN(C)c1cccc2cccc(N(C)C)c12.N.N. The average molecular weight is 248 g/mol. The van der Waals surface area contributed by atoms with Gasteiger partial charge < -0.3 is 22.1 Å². The maximum absolute atomic E-state index is 2.16. The maximum Gasteiger partial charge on any atom is 0.0461 e. The molecule has 0 amide bonds. The number of anilines is 2. The Morgan fingerprint density at radius 1 is 0.667 bits per heavy atom. The monoisotopic (exact) mass is 248 g/mol. The molecule has 2 aromatic rings. The lowest BCUT2D eigenvalue weighted by Crippen LogP contribution is -2.13. The van der Waals surface area contributed by atoms with Crippen LogP contribution in [0.4, 0.5) is 11.4 Å². The van der Waals surface area contributed by atoms with Crippen LogP contribution in [0, 0.1) is 0 Å². The molecule has 18 heavy (non-hydrogen) atoms. The number of nitrogens with zero attached hydrogens (tertiary/aromatic N) is 2. The first-order chi connectivity index (χ1) is 7.61. The molecule has 4 heteroatoms. The molecule has 0 aliphatic carbocycles. The van der Waals surface area contributed by atoms with Crippen LogP contribution in [0.15, 0.2) is 36.4 Å². The largest absolute Gasteiger partial charge is 0.377 e. The molecule has 4 nitrogen and oxygen atoms in total. The second kappa shape index (κ2) is 6.23. The Kier molecular flexibility index (Phi) is 5.62. The lowest BCUT2D eigenvalue weighted by molar-refractivity contribution is 1.12. The summed E-state index contributed by atoms with van der Waals surface area (Å²) >= 11 is 0. The standard InChI is InChI=1S/C14H18N2.2H3N/c1-15(2)12-9-5-7-11-8-6-10-13(14(11)12)16(3)4;;/h5-10H,1-4H3;2*1H3. The van der Waals surface area contributed by atoms with E-state index in [1.54, 1.807) is 0 Å². The quantitative estimate of drug-likeness (QED) is 0.855. The van der Waals surface area contributed by atoms with Crippen LogP contribution in [-0.4, -0.2) is 28.2 Å². The van der Waals surface area contributed by atoms with Crippen molar-refractivity contribution in [3.8, 4) is 0 Å². The van der Waals surface area contributed by atoms with Gasteiger partial charge in [0, 0.05) is 45.0 Å². The first-order valence-electron chi connectivity index (χ1n) is 5.47. The van der Waals surface area contributed by atoms with Crippen LogP contribution in [0.5, 0.6) is 0 Å². The highest BCUT2D eigenvalue weighted by Crippen LogP contribution is 2.33. The first kappa shape index (κ1) is 16.2. The van der Waals surface area contributed by atoms with E-state index >= 15 is 0 Å². The van der Waals surface area contributed by atoms with Gasteiger partial charge in [-0.25, -0.2) is 0 Å². The van der Waals surface area contributed by atoms with Gasteiger partial charge in [-0.15, -0.1) is 0 Å². The molecule has 6 N–H and O–H groups in total. The molecule has 2 aromatic carbocycles. The van der Waals surface area contributed by atoms with Gasteiger partial charge in [0.25, 0.3) is 0 Å². The van der Waals surface area contributed by atoms with Crippen LogP contribution >= 0.6 is 0 Å². The van der Waals surface area contributed by atoms with E-state index in [-0.39, 0.29) is 12.3 Å². The highest BCUT2D eigenvalue weighted by atomic mass is 15.1. The summed E-state index contributed by atoms with van der Waals surface area (Å²) in [5.74, 6) is 0. The summed E-state index contributed by atoms with van der Waals surface area (Å²) in [4.78, 5) is 4.32. The second-order valence-corrected chi connectivity index (χ2v) is 4.44.